The average Bonchev–Trinajstić information content (AvgIpc) is 3.29. The second-order valence-electron chi connectivity index (χ2n) is 7.46. The maximum Gasteiger partial charge on any atom is 0.158 e. The molecule has 0 atom stereocenters. The second kappa shape index (κ2) is 9.09. The van der Waals surface area contributed by atoms with Crippen molar-refractivity contribution in [3.63, 3.8) is 0 Å². The maximum absolute atomic E-state index is 8.96. The Kier molecular flexibility index (Phi) is 5.69. The fourth-order valence-electron chi connectivity index (χ4n) is 3.45. The summed E-state index contributed by atoms with van der Waals surface area (Å²) < 4.78 is 13.4. The third-order valence-corrected chi connectivity index (χ3v) is 5.10. The Hall–Kier alpha value is -4.24. The summed E-state index contributed by atoms with van der Waals surface area (Å²) in [6.07, 6.45) is 5.42. The summed E-state index contributed by atoms with van der Waals surface area (Å²) >= 11 is 0. The van der Waals surface area contributed by atoms with Crippen molar-refractivity contribution in [2.45, 2.75) is 13.3 Å². The predicted molar refractivity (Wildman–Crippen MR) is 124 cm³/mol. The first-order chi connectivity index (χ1) is 16.2. The van der Waals surface area contributed by atoms with E-state index in [1.807, 2.05) is 61.7 Å². The lowest BCUT2D eigenvalue weighted by Crippen LogP contribution is -2.01. The highest BCUT2D eigenvalue weighted by Gasteiger charge is 2.09. The molecular formula is C24H22N6O3. The number of hydrogen-bond donors (Lipinski definition) is 2. The van der Waals surface area contributed by atoms with Gasteiger partial charge in [-0.1, -0.05) is 0 Å². The van der Waals surface area contributed by atoms with Crippen LogP contribution in [0, 0.1) is 6.92 Å². The van der Waals surface area contributed by atoms with Gasteiger partial charge in [0.25, 0.3) is 0 Å². The molecule has 2 N–H and O–H groups in total. The summed E-state index contributed by atoms with van der Waals surface area (Å²) in [4.78, 5) is 12.9. The lowest BCUT2D eigenvalue weighted by atomic mass is 10.2. The van der Waals surface area contributed by atoms with Gasteiger partial charge in [-0.25, -0.2) is 19.5 Å². The lowest BCUT2D eigenvalue weighted by Gasteiger charge is -2.13. The molecular weight excluding hydrogens is 420 g/mol. The van der Waals surface area contributed by atoms with Gasteiger partial charge in [0.2, 0.25) is 0 Å². The Bertz CT molecular complexity index is 1420. The summed E-state index contributed by atoms with van der Waals surface area (Å²) in [5.74, 6) is 2.82. The van der Waals surface area contributed by atoms with Gasteiger partial charge in [0.05, 0.1) is 12.1 Å². The first-order valence-corrected chi connectivity index (χ1v) is 10.5. The van der Waals surface area contributed by atoms with E-state index in [0.717, 1.165) is 33.6 Å². The standard InChI is InChI=1S/C24H22N6O3/c1-16-11-17(3-6-22(16)33-19-7-8-30-23(13-19)26-15-28-30)29-24-20-12-18(32-10-2-9-31)4-5-21(20)25-14-27-24/h3-8,11-15,31H,2,9-10H2,1H3,(H,25,27,29). The van der Waals surface area contributed by atoms with Gasteiger partial charge in [-0.15, -0.1) is 0 Å². The van der Waals surface area contributed by atoms with Crippen LogP contribution in [0.15, 0.2) is 67.4 Å². The van der Waals surface area contributed by atoms with Crippen LogP contribution in [0.4, 0.5) is 11.5 Å². The Labute approximate surface area is 189 Å². The molecule has 5 rings (SSSR count). The third-order valence-electron chi connectivity index (χ3n) is 5.10. The zero-order valence-corrected chi connectivity index (χ0v) is 18.0. The van der Waals surface area contributed by atoms with Gasteiger partial charge in [-0.2, -0.15) is 5.10 Å². The highest BCUT2D eigenvalue weighted by Crippen LogP contribution is 2.31. The van der Waals surface area contributed by atoms with Crippen LogP contribution < -0.4 is 14.8 Å². The van der Waals surface area contributed by atoms with Gasteiger partial charge in [0, 0.05) is 36.4 Å². The molecule has 3 heterocycles. The number of anilines is 2. The number of benzene rings is 2. The molecule has 0 fully saturated rings. The molecule has 0 amide bonds. The molecule has 0 spiro atoms. The highest BCUT2D eigenvalue weighted by molar-refractivity contribution is 5.91. The van der Waals surface area contributed by atoms with Crippen molar-refractivity contribution < 1.29 is 14.6 Å². The molecule has 0 aliphatic heterocycles. The molecule has 0 saturated heterocycles. The number of pyridine rings is 1. The fourth-order valence-corrected chi connectivity index (χ4v) is 3.45. The molecule has 3 aromatic heterocycles. The number of rotatable bonds is 8. The van der Waals surface area contributed by atoms with Crippen LogP contribution >= 0.6 is 0 Å². The van der Waals surface area contributed by atoms with Crippen LogP contribution in [0.1, 0.15) is 12.0 Å². The number of ether oxygens (including phenoxy) is 2. The quantitative estimate of drug-likeness (QED) is 0.343. The van der Waals surface area contributed by atoms with E-state index in [1.54, 1.807) is 4.52 Å². The van der Waals surface area contributed by atoms with Crippen molar-refractivity contribution in [2.24, 2.45) is 0 Å². The van der Waals surface area contributed by atoms with E-state index in [0.29, 0.717) is 30.3 Å². The van der Waals surface area contributed by atoms with Crippen LogP contribution in [0.2, 0.25) is 0 Å². The van der Waals surface area contributed by atoms with Gasteiger partial charge in [-0.05, 0) is 55.0 Å². The topological polar surface area (TPSA) is 107 Å². The first kappa shape index (κ1) is 20.7. The SMILES string of the molecule is Cc1cc(Nc2ncnc3ccc(OCCCO)cc23)ccc1Oc1ccn2ncnc2c1. The highest BCUT2D eigenvalue weighted by atomic mass is 16.5. The van der Waals surface area contributed by atoms with Gasteiger partial charge < -0.3 is 19.9 Å². The Balaban J connectivity index is 1.36. The molecule has 0 saturated carbocycles. The summed E-state index contributed by atoms with van der Waals surface area (Å²) in [7, 11) is 0. The van der Waals surface area contributed by atoms with E-state index in [9.17, 15) is 0 Å². The van der Waals surface area contributed by atoms with E-state index in [-0.39, 0.29) is 6.61 Å². The van der Waals surface area contributed by atoms with Crippen LogP contribution in [0.25, 0.3) is 16.6 Å². The van der Waals surface area contributed by atoms with Crippen LogP contribution in [0.5, 0.6) is 17.2 Å². The Morgan fingerprint density at radius 3 is 2.79 bits per heavy atom. The van der Waals surface area contributed by atoms with Crippen molar-refractivity contribution in [2.75, 3.05) is 18.5 Å². The minimum atomic E-state index is 0.0950. The molecule has 9 nitrogen and oxygen atoms in total. The van der Waals surface area contributed by atoms with Crippen LogP contribution in [-0.2, 0) is 0 Å². The fraction of sp³-hybridized carbons (Fsp3) is 0.167. The van der Waals surface area contributed by atoms with Crippen molar-refractivity contribution in [3.8, 4) is 17.2 Å². The van der Waals surface area contributed by atoms with E-state index < -0.39 is 0 Å². The summed E-state index contributed by atoms with van der Waals surface area (Å²) in [5, 5.41) is 17.3. The van der Waals surface area contributed by atoms with Gasteiger partial charge >= 0.3 is 0 Å². The first-order valence-electron chi connectivity index (χ1n) is 10.5. The molecule has 33 heavy (non-hydrogen) atoms. The predicted octanol–water partition coefficient (Wildman–Crippen LogP) is 4.28. The van der Waals surface area contributed by atoms with Crippen molar-refractivity contribution in [3.05, 3.63) is 72.9 Å². The molecule has 9 heteroatoms. The molecule has 0 radical (unpaired) electrons. The normalized spacial score (nSPS) is 11.1. The minimum absolute atomic E-state index is 0.0950. The number of fused-ring (bicyclic) bond motifs is 2. The molecule has 0 aliphatic carbocycles. The lowest BCUT2D eigenvalue weighted by molar-refractivity contribution is 0.234. The smallest absolute Gasteiger partial charge is 0.158 e. The molecule has 0 aliphatic rings. The van der Waals surface area contributed by atoms with Crippen LogP contribution in [-0.4, -0.2) is 42.9 Å². The third kappa shape index (κ3) is 4.53. The Morgan fingerprint density at radius 2 is 1.91 bits per heavy atom. The molecule has 5 aromatic rings. The summed E-state index contributed by atoms with van der Waals surface area (Å²) in [6, 6.07) is 15.2. The number of nitrogens with zero attached hydrogens (tertiary/aromatic N) is 5. The van der Waals surface area contributed by atoms with Crippen molar-refractivity contribution in [1.29, 1.82) is 0 Å². The molecule has 2 aromatic carbocycles. The van der Waals surface area contributed by atoms with Gasteiger partial charge in [-0.3, -0.25) is 0 Å². The zero-order valence-electron chi connectivity index (χ0n) is 18.0. The monoisotopic (exact) mass is 442 g/mol. The number of hydrogen-bond acceptors (Lipinski definition) is 8. The van der Waals surface area contributed by atoms with E-state index in [1.165, 1.54) is 12.7 Å². The van der Waals surface area contributed by atoms with E-state index in [2.05, 4.69) is 25.4 Å². The molecule has 166 valence electrons. The average molecular weight is 442 g/mol. The Morgan fingerprint density at radius 1 is 0.970 bits per heavy atom. The van der Waals surface area contributed by atoms with E-state index >= 15 is 0 Å². The maximum atomic E-state index is 8.96. The number of aliphatic hydroxyl groups excluding tert-OH is 1. The molecule has 0 bridgehead atoms. The van der Waals surface area contributed by atoms with E-state index in [4.69, 9.17) is 14.6 Å². The number of aromatic nitrogens is 5. The van der Waals surface area contributed by atoms with Crippen molar-refractivity contribution >= 4 is 28.1 Å². The minimum Gasteiger partial charge on any atom is -0.493 e. The second-order valence-corrected chi connectivity index (χ2v) is 7.46. The van der Waals surface area contributed by atoms with Gasteiger partial charge in [0.15, 0.2) is 5.65 Å². The van der Waals surface area contributed by atoms with Crippen molar-refractivity contribution in [1.82, 2.24) is 24.6 Å². The summed E-state index contributed by atoms with van der Waals surface area (Å²) in [6.45, 7) is 2.53. The largest absolute Gasteiger partial charge is 0.493 e. The molecule has 0 unspecified atom stereocenters. The number of nitrogens with one attached hydrogen (secondary N) is 1. The van der Waals surface area contributed by atoms with Gasteiger partial charge in [0.1, 0.15) is 35.7 Å². The van der Waals surface area contributed by atoms with Crippen LogP contribution in [0.3, 0.4) is 0 Å². The number of aryl methyl sites for hydroxylation is 1. The summed E-state index contributed by atoms with van der Waals surface area (Å²) in [5.41, 5.74) is 3.37. The number of aliphatic hydroxyl groups is 1. The zero-order chi connectivity index (χ0) is 22.6.